The van der Waals surface area contributed by atoms with Crippen molar-refractivity contribution in [3.05, 3.63) is 106 Å². The van der Waals surface area contributed by atoms with E-state index in [4.69, 9.17) is 31.5 Å². The van der Waals surface area contributed by atoms with E-state index in [9.17, 15) is 4.79 Å². The van der Waals surface area contributed by atoms with E-state index in [1.54, 1.807) is 0 Å². The summed E-state index contributed by atoms with van der Waals surface area (Å²) < 4.78 is 17.3. The molecule has 38 heavy (non-hydrogen) atoms. The Morgan fingerprint density at radius 1 is 0.789 bits per heavy atom. The van der Waals surface area contributed by atoms with Gasteiger partial charge in [0, 0.05) is 28.3 Å². The number of hydrogen-bond donors (Lipinski definition) is 1. The fourth-order valence-corrected chi connectivity index (χ4v) is 5.60. The van der Waals surface area contributed by atoms with Crippen molar-refractivity contribution in [2.24, 2.45) is 5.73 Å². The fraction of sp³-hybridized carbons (Fsp3) is 0.406. The number of carbonyl (C=O) groups excluding carboxylic acids is 1. The molecule has 1 aliphatic rings. The normalized spacial score (nSPS) is 15.9. The number of hydrogen-bond acceptors (Lipinski definition) is 5. The highest BCUT2D eigenvalue weighted by Gasteiger charge is 2.42. The zero-order chi connectivity index (χ0) is 26.6. The van der Waals surface area contributed by atoms with E-state index >= 15 is 0 Å². The van der Waals surface area contributed by atoms with E-state index in [0.717, 1.165) is 11.1 Å². The summed E-state index contributed by atoms with van der Waals surface area (Å²) in [5, 5.41) is 0.521. The second kappa shape index (κ2) is 14.5. The van der Waals surface area contributed by atoms with Crippen LogP contribution < -0.4 is 5.73 Å². The molecule has 0 aliphatic heterocycles. The van der Waals surface area contributed by atoms with Crippen LogP contribution in [-0.4, -0.2) is 38.9 Å². The Labute approximate surface area is 231 Å². The number of nitrogens with two attached hydrogens (primary N) is 1. The molecule has 3 aromatic carbocycles. The number of rotatable bonds is 12. The summed E-state index contributed by atoms with van der Waals surface area (Å²) in [5.74, 6) is 0.0795. The van der Waals surface area contributed by atoms with Crippen LogP contribution in [0.25, 0.3) is 0 Å². The SMILES string of the molecule is NCCOCCOCC(=O)OC(c1ccccc1)(c1ccc(C2CCCCCC2)cc1)c1ccccc1Cl. The van der Waals surface area contributed by atoms with Crippen LogP contribution in [-0.2, 0) is 24.6 Å². The second-order valence-corrected chi connectivity index (χ2v) is 10.2. The Morgan fingerprint density at radius 2 is 1.42 bits per heavy atom. The van der Waals surface area contributed by atoms with Crippen molar-refractivity contribution in [1.82, 2.24) is 0 Å². The molecule has 1 fully saturated rings. The van der Waals surface area contributed by atoms with Crippen molar-refractivity contribution >= 4 is 17.6 Å². The van der Waals surface area contributed by atoms with E-state index in [1.807, 2.05) is 54.6 Å². The van der Waals surface area contributed by atoms with E-state index in [2.05, 4.69) is 24.3 Å². The minimum absolute atomic E-state index is 0.203. The molecule has 1 unspecified atom stereocenters. The molecular formula is C32H38ClNO4. The second-order valence-electron chi connectivity index (χ2n) is 9.77. The Bertz CT molecular complexity index is 1130. The summed E-state index contributed by atoms with van der Waals surface area (Å²) in [6.07, 6.45) is 7.61. The predicted molar refractivity (Wildman–Crippen MR) is 151 cm³/mol. The average molecular weight is 536 g/mol. The summed E-state index contributed by atoms with van der Waals surface area (Å²) in [5.41, 5.74) is 7.91. The van der Waals surface area contributed by atoms with Gasteiger partial charge in [-0.2, -0.15) is 0 Å². The van der Waals surface area contributed by atoms with Gasteiger partial charge in [-0.3, -0.25) is 0 Å². The molecule has 2 N–H and O–H groups in total. The van der Waals surface area contributed by atoms with Crippen LogP contribution in [0.2, 0.25) is 5.02 Å². The van der Waals surface area contributed by atoms with Crippen LogP contribution >= 0.6 is 11.6 Å². The zero-order valence-electron chi connectivity index (χ0n) is 21.9. The maximum absolute atomic E-state index is 13.3. The number of halogens is 1. The lowest BCUT2D eigenvalue weighted by Crippen LogP contribution is -2.37. The van der Waals surface area contributed by atoms with Crippen LogP contribution in [0.5, 0.6) is 0 Å². The van der Waals surface area contributed by atoms with Crippen molar-refractivity contribution < 1.29 is 19.0 Å². The molecule has 0 amide bonds. The van der Waals surface area contributed by atoms with Crippen molar-refractivity contribution in [2.45, 2.75) is 50.0 Å². The van der Waals surface area contributed by atoms with Gasteiger partial charge in [0.15, 0.2) is 5.60 Å². The first kappa shape index (κ1) is 28.3. The van der Waals surface area contributed by atoms with E-state index < -0.39 is 11.6 Å². The molecule has 1 aliphatic carbocycles. The van der Waals surface area contributed by atoms with Gasteiger partial charge in [-0.15, -0.1) is 0 Å². The van der Waals surface area contributed by atoms with Gasteiger partial charge in [-0.1, -0.05) is 110 Å². The van der Waals surface area contributed by atoms with Crippen LogP contribution in [0.4, 0.5) is 0 Å². The van der Waals surface area contributed by atoms with Gasteiger partial charge in [0.1, 0.15) is 6.61 Å². The van der Waals surface area contributed by atoms with E-state index in [1.165, 1.54) is 44.1 Å². The Kier molecular flexibility index (Phi) is 10.8. The molecule has 1 atom stereocenters. The minimum Gasteiger partial charge on any atom is -0.442 e. The van der Waals surface area contributed by atoms with Crippen molar-refractivity contribution in [3.8, 4) is 0 Å². The van der Waals surface area contributed by atoms with E-state index in [-0.39, 0.29) is 13.2 Å². The predicted octanol–water partition coefficient (Wildman–Crippen LogP) is 6.60. The van der Waals surface area contributed by atoms with Crippen LogP contribution in [0, 0.1) is 0 Å². The number of carbonyl (C=O) groups is 1. The third-order valence-electron chi connectivity index (χ3n) is 7.20. The number of ether oxygens (including phenoxy) is 3. The number of benzene rings is 3. The molecule has 3 aromatic rings. The molecule has 0 saturated heterocycles. The number of esters is 1. The summed E-state index contributed by atoms with van der Waals surface area (Å²) in [6, 6.07) is 25.9. The molecule has 0 aromatic heterocycles. The Balaban J connectivity index is 1.69. The van der Waals surface area contributed by atoms with Gasteiger partial charge in [-0.25, -0.2) is 4.79 Å². The minimum atomic E-state index is -1.24. The first-order chi connectivity index (χ1) is 18.6. The largest absolute Gasteiger partial charge is 0.442 e. The van der Waals surface area contributed by atoms with E-state index in [0.29, 0.717) is 36.3 Å². The van der Waals surface area contributed by atoms with Gasteiger partial charge in [-0.05, 0) is 30.4 Å². The average Bonchev–Trinajstić information content (AvgIpc) is 3.25. The summed E-state index contributed by atoms with van der Waals surface area (Å²) in [4.78, 5) is 13.3. The molecule has 6 heteroatoms. The van der Waals surface area contributed by atoms with Crippen LogP contribution in [0.1, 0.15) is 66.7 Å². The zero-order valence-corrected chi connectivity index (χ0v) is 22.7. The molecule has 1 saturated carbocycles. The lowest BCUT2D eigenvalue weighted by Gasteiger charge is -2.36. The molecule has 0 heterocycles. The first-order valence-corrected chi connectivity index (χ1v) is 14.0. The Morgan fingerprint density at radius 3 is 2.11 bits per heavy atom. The van der Waals surface area contributed by atoms with Crippen molar-refractivity contribution in [2.75, 3.05) is 33.0 Å². The maximum Gasteiger partial charge on any atom is 0.333 e. The highest BCUT2D eigenvalue weighted by molar-refractivity contribution is 6.31. The molecule has 4 rings (SSSR count). The lowest BCUT2D eigenvalue weighted by atomic mass is 9.79. The summed E-state index contributed by atoms with van der Waals surface area (Å²) in [6.45, 7) is 1.33. The van der Waals surface area contributed by atoms with Gasteiger partial charge >= 0.3 is 5.97 Å². The lowest BCUT2D eigenvalue weighted by molar-refractivity contribution is -0.159. The van der Waals surface area contributed by atoms with Crippen molar-refractivity contribution in [1.29, 1.82) is 0 Å². The molecule has 0 spiro atoms. The monoisotopic (exact) mass is 535 g/mol. The van der Waals surface area contributed by atoms with Gasteiger partial charge < -0.3 is 19.9 Å². The molecule has 0 bridgehead atoms. The topological polar surface area (TPSA) is 70.8 Å². The van der Waals surface area contributed by atoms with Gasteiger partial charge in [0.2, 0.25) is 0 Å². The quantitative estimate of drug-likeness (QED) is 0.122. The summed E-state index contributed by atoms with van der Waals surface area (Å²) >= 11 is 6.79. The van der Waals surface area contributed by atoms with Gasteiger partial charge in [0.25, 0.3) is 0 Å². The Hall–Kier alpha value is -2.70. The third-order valence-corrected chi connectivity index (χ3v) is 7.53. The maximum atomic E-state index is 13.3. The van der Waals surface area contributed by atoms with Crippen LogP contribution in [0.3, 0.4) is 0 Å². The molecular weight excluding hydrogens is 498 g/mol. The summed E-state index contributed by atoms with van der Waals surface area (Å²) in [7, 11) is 0. The highest BCUT2D eigenvalue weighted by atomic mass is 35.5. The fourth-order valence-electron chi connectivity index (χ4n) is 5.33. The van der Waals surface area contributed by atoms with Gasteiger partial charge in [0.05, 0.1) is 19.8 Å². The molecule has 202 valence electrons. The smallest absolute Gasteiger partial charge is 0.333 e. The third kappa shape index (κ3) is 7.03. The highest BCUT2D eigenvalue weighted by Crippen LogP contribution is 2.44. The molecule has 0 radical (unpaired) electrons. The molecule has 5 nitrogen and oxygen atoms in total. The first-order valence-electron chi connectivity index (χ1n) is 13.6. The van der Waals surface area contributed by atoms with Crippen molar-refractivity contribution in [3.63, 3.8) is 0 Å². The standard InChI is InChI=1S/C32H38ClNO4/c33-30-15-9-8-14-29(30)32(27-12-6-3-7-13-27,38-31(35)24-37-23-22-36-21-20-34)28-18-16-26(17-19-28)25-10-4-1-2-5-11-25/h3,6-9,12-19,25H,1-2,4-5,10-11,20-24,34H2. The van der Waals surface area contributed by atoms with Crippen LogP contribution in [0.15, 0.2) is 78.9 Å².